The van der Waals surface area contributed by atoms with Crippen LogP contribution in [0.25, 0.3) is 0 Å². The van der Waals surface area contributed by atoms with Gasteiger partial charge in [0.05, 0.1) is 10.6 Å². The van der Waals surface area contributed by atoms with E-state index < -0.39 is 50.7 Å². The molecule has 8 nitrogen and oxygen atoms in total. The number of nitrogens with zero attached hydrogens (tertiary/aromatic N) is 2. The topological polar surface area (TPSA) is 118 Å². The third kappa shape index (κ3) is 2.54. The van der Waals surface area contributed by atoms with Crippen molar-refractivity contribution in [3.05, 3.63) is 28.3 Å². The van der Waals surface area contributed by atoms with E-state index in [0.717, 1.165) is 17.0 Å². The van der Waals surface area contributed by atoms with Crippen molar-refractivity contribution in [2.45, 2.75) is 11.7 Å². The Labute approximate surface area is 112 Å². The van der Waals surface area contributed by atoms with Gasteiger partial charge in [-0.2, -0.15) is 8.42 Å². The fourth-order valence-electron chi connectivity index (χ4n) is 1.94. The smallest absolute Gasteiger partial charge is 0.312 e. The van der Waals surface area contributed by atoms with Gasteiger partial charge in [0.2, 0.25) is 5.91 Å². The van der Waals surface area contributed by atoms with Crippen molar-refractivity contribution in [2.75, 3.05) is 11.4 Å². The fraction of sp³-hybridized carbons (Fsp3) is 0.300. The van der Waals surface area contributed by atoms with E-state index in [9.17, 15) is 32.3 Å². The lowest BCUT2D eigenvalue weighted by Crippen LogP contribution is -2.26. The van der Waals surface area contributed by atoms with E-state index in [1.165, 1.54) is 6.07 Å². The number of carbonyl (C=O) groups excluding carboxylic acids is 1. The van der Waals surface area contributed by atoms with Gasteiger partial charge in [0.25, 0.3) is 0 Å². The van der Waals surface area contributed by atoms with Crippen molar-refractivity contribution in [1.29, 1.82) is 0 Å². The van der Waals surface area contributed by atoms with Crippen molar-refractivity contribution in [3.8, 4) is 5.75 Å². The van der Waals surface area contributed by atoms with E-state index in [2.05, 4.69) is 0 Å². The number of anilines is 1. The van der Waals surface area contributed by atoms with Gasteiger partial charge in [0.15, 0.2) is 5.75 Å². The van der Waals surface area contributed by atoms with Crippen LogP contribution in [0.1, 0.15) is 6.42 Å². The molecule has 2 rings (SSSR count). The number of halogens is 1. The average Bonchev–Trinajstić information content (AvgIpc) is 2.71. The van der Waals surface area contributed by atoms with Crippen LogP contribution in [-0.4, -0.2) is 36.1 Å². The minimum atomic E-state index is -4.86. The first-order chi connectivity index (χ1) is 9.20. The molecular weight excluding hydrogens is 295 g/mol. The van der Waals surface area contributed by atoms with Gasteiger partial charge < -0.3 is 10.0 Å². The molecule has 1 N–H and O–H groups in total. The Morgan fingerprint density at radius 1 is 1.45 bits per heavy atom. The molecule has 1 amide bonds. The van der Waals surface area contributed by atoms with Gasteiger partial charge in [-0.3, -0.25) is 14.9 Å². The summed E-state index contributed by atoms with van der Waals surface area (Å²) < 4.78 is 34.5. The zero-order chi connectivity index (χ0) is 15.1. The van der Waals surface area contributed by atoms with Crippen LogP contribution in [-0.2, 0) is 15.0 Å². The molecule has 0 radical (unpaired) electrons. The van der Waals surface area contributed by atoms with E-state index in [-0.39, 0.29) is 5.69 Å². The van der Waals surface area contributed by atoms with E-state index in [1.807, 2.05) is 0 Å². The number of nitro benzene ring substituents is 1. The van der Waals surface area contributed by atoms with E-state index in [1.54, 1.807) is 0 Å². The van der Waals surface area contributed by atoms with Gasteiger partial charge in [0.1, 0.15) is 5.25 Å². The summed E-state index contributed by atoms with van der Waals surface area (Å²) in [6.45, 7) is -0.417. The maximum absolute atomic E-state index is 12.9. The molecule has 0 spiro atoms. The summed E-state index contributed by atoms with van der Waals surface area (Å²) >= 11 is 0. The van der Waals surface area contributed by atoms with Crippen LogP contribution in [0, 0.1) is 10.1 Å². The highest BCUT2D eigenvalue weighted by molar-refractivity contribution is 7.87. The normalized spacial score (nSPS) is 19.4. The monoisotopic (exact) mass is 304 g/mol. The molecular formula is C10H9FN2O6S. The Kier molecular flexibility index (Phi) is 3.34. The third-order valence-electron chi connectivity index (χ3n) is 2.96. The SMILES string of the molecule is O=C1CC(S(=O)(=O)F)CN1c1ccc(O)c([N+](=O)[O-])c1. The molecule has 0 bridgehead atoms. The first-order valence-electron chi connectivity index (χ1n) is 5.41. The van der Waals surface area contributed by atoms with Crippen LogP contribution in [0.15, 0.2) is 18.2 Å². The number of hydrogen-bond donors (Lipinski definition) is 1. The van der Waals surface area contributed by atoms with Crippen LogP contribution in [0.5, 0.6) is 5.75 Å². The van der Waals surface area contributed by atoms with Crippen molar-refractivity contribution in [1.82, 2.24) is 0 Å². The fourth-order valence-corrected chi connectivity index (χ4v) is 2.61. The predicted octanol–water partition coefficient (Wildman–Crippen LogP) is 0.705. The van der Waals surface area contributed by atoms with Crippen molar-refractivity contribution >= 4 is 27.5 Å². The second-order valence-corrected chi connectivity index (χ2v) is 5.85. The largest absolute Gasteiger partial charge is 0.502 e. The Balaban J connectivity index is 2.36. The quantitative estimate of drug-likeness (QED) is 0.499. The summed E-state index contributed by atoms with van der Waals surface area (Å²) in [6, 6.07) is 3.16. The van der Waals surface area contributed by atoms with Gasteiger partial charge >= 0.3 is 15.9 Å². The predicted molar refractivity (Wildman–Crippen MR) is 65.5 cm³/mol. The summed E-state index contributed by atoms with van der Waals surface area (Å²) in [6.07, 6.45) is -0.520. The Bertz CT molecular complexity index is 689. The molecule has 0 saturated carbocycles. The summed E-state index contributed by atoms with van der Waals surface area (Å²) in [5.41, 5.74) is -0.590. The van der Waals surface area contributed by atoms with Gasteiger partial charge in [-0.1, -0.05) is 0 Å². The van der Waals surface area contributed by atoms with Crippen molar-refractivity contribution in [2.24, 2.45) is 0 Å². The maximum atomic E-state index is 12.9. The number of phenolic OH excluding ortho intramolecular Hbond substituents is 1. The third-order valence-corrected chi connectivity index (χ3v) is 4.07. The Hall–Kier alpha value is -2.23. The van der Waals surface area contributed by atoms with Gasteiger partial charge in [-0.25, -0.2) is 0 Å². The van der Waals surface area contributed by atoms with Crippen LogP contribution in [0.4, 0.5) is 15.3 Å². The van der Waals surface area contributed by atoms with E-state index >= 15 is 0 Å². The van der Waals surface area contributed by atoms with Crippen LogP contribution >= 0.6 is 0 Å². The number of carbonyl (C=O) groups is 1. The minimum absolute atomic E-state index is 0.0330. The highest BCUT2D eigenvalue weighted by atomic mass is 32.3. The number of hydrogen-bond acceptors (Lipinski definition) is 6. The lowest BCUT2D eigenvalue weighted by molar-refractivity contribution is -0.385. The molecule has 10 heteroatoms. The van der Waals surface area contributed by atoms with Crippen molar-refractivity contribution < 1.29 is 27.1 Å². The number of aromatic hydroxyl groups is 1. The second-order valence-electron chi connectivity index (χ2n) is 4.24. The zero-order valence-corrected chi connectivity index (χ0v) is 10.7. The molecule has 1 aromatic rings. The number of amides is 1. The molecule has 1 fully saturated rings. The molecule has 108 valence electrons. The highest BCUT2D eigenvalue weighted by Crippen LogP contribution is 2.33. The van der Waals surface area contributed by atoms with Gasteiger partial charge in [0, 0.05) is 19.0 Å². The summed E-state index contributed by atoms with van der Waals surface area (Å²) in [5.74, 6) is -1.24. The number of rotatable bonds is 3. The van der Waals surface area contributed by atoms with Crippen LogP contribution < -0.4 is 4.90 Å². The second kappa shape index (κ2) is 4.71. The highest BCUT2D eigenvalue weighted by Gasteiger charge is 2.39. The van der Waals surface area contributed by atoms with E-state index in [0.29, 0.717) is 0 Å². The maximum Gasteiger partial charge on any atom is 0.312 e. The molecule has 0 aromatic heterocycles. The number of nitro groups is 1. The van der Waals surface area contributed by atoms with Gasteiger partial charge in [-0.05, 0) is 12.1 Å². The molecule has 1 atom stereocenters. The number of benzene rings is 1. The zero-order valence-electron chi connectivity index (χ0n) is 9.89. The van der Waals surface area contributed by atoms with Crippen LogP contribution in [0.3, 0.4) is 0 Å². The average molecular weight is 304 g/mol. The molecule has 1 heterocycles. The molecule has 1 unspecified atom stereocenters. The molecule has 1 saturated heterocycles. The number of phenols is 1. The molecule has 20 heavy (non-hydrogen) atoms. The first kappa shape index (κ1) is 14.2. The first-order valence-corrected chi connectivity index (χ1v) is 6.86. The Morgan fingerprint density at radius 3 is 2.60 bits per heavy atom. The molecule has 1 aliphatic rings. The van der Waals surface area contributed by atoms with Gasteiger partial charge in [-0.15, -0.1) is 3.89 Å². The summed E-state index contributed by atoms with van der Waals surface area (Å²) in [4.78, 5) is 22.4. The standard InChI is InChI=1S/C10H9FN2O6S/c11-20(18,19)7-4-10(15)12(5-7)6-1-2-9(14)8(3-6)13(16)17/h1-3,7,14H,4-5H2. The van der Waals surface area contributed by atoms with E-state index in [4.69, 9.17) is 0 Å². The molecule has 0 aliphatic carbocycles. The molecule has 1 aromatic carbocycles. The minimum Gasteiger partial charge on any atom is -0.502 e. The lowest BCUT2D eigenvalue weighted by Gasteiger charge is -2.15. The van der Waals surface area contributed by atoms with Crippen molar-refractivity contribution in [3.63, 3.8) is 0 Å². The molecule has 1 aliphatic heterocycles. The Morgan fingerprint density at radius 2 is 2.10 bits per heavy atom. The lowest BCUT2D eigenvalue weighted by atomic mass is 10.2. The summed E-state index contributed by atoms with van der Waals surface area (Å²) in [7, 11) is -4.86. The van der Waals surface area contributed by atoms with Crippen LogP contribution in [0.2, 0.25) is 0 Å². The summed E-state index contributed by atoms with van der Waals surface area (Å²) in [5, 5.41) is 18.5.